The van der Waals surface area contributed by atoms with E-state index >= 15 is 0 Å². The second kappa shape index (κ2) is 11.1. The molecule has 27 heavy (non-hydrogen) atoms. The van der Waals surface area contributed by atoms with Gasteiger partial charge in [0.25, 0.3) is 5.91 Å². The molecule has 0 heterocycles. The molecule has 0 aliphatic heterocycles. The number of carbonyl (C=O) groups is 2. The lowest BCUT2D eigenvalue weighted by atomic mass is 10.2. The Labute approximate surface area is 171 Å². The summed E-state index contributed by atoms with van der Waals surface area (Å²) in [5.41, 5.74) is 2.72. The Morgan fingerprint density at radius 3 is 2.56 bits per heavy atom. The largest absolute Gasteiger partial charge is 0.355 e. The van der Waals surface area contributed by atoms with Crippen molar-refractivity contribution in [1.29, 1.82) is 0 Å². The Morgan fingerprint density at radius 1 is 1.07 bits per heavy atom. The number of hydrogen-bond acceptors (Lipinski definition) is 3. The van der Waals surface area contributed by atoms with E-state index < -0.39 is 11.7 Å². The predicted octanol–water partition coefficient (Wildman–Crippen LogP) is 4.07. The van der Waals surface area contributed by atoms with Crippen LogP contribution in [-0.2, 0) is 10.5 Å². The van der Waals surface area contributed by atoms with Crippen LogP contribution in [0.2, 0.25) is 0 Å². The SMILES string of the molecule is Cc1ccc(CSCCNC(=O)CCNC(=O)c2cc(F)ccc2Br)cc1. The molecule has 0 bridgehead atoms. The van der Waals surface area contributed by atoms with Gasteiger partial charge >= 0.3 is 0 Å². The van der Waals surface area contributed by atoms with Gasteiger partial charge in [0.2, 0.25) is 5.91 Å². The highest BCUT2D eigenvalue weighted by Crippen LogP contribution is 2.17. The van der Waals surface area contributed by atoms with Crippen LogP contribution in [0, 0.1) is 12.7 Å². The molecular weight excluding hydrogens is 431 g/mol. The first-order chi connectivity index (χ1) is 13.0. The van der Waals surface area contributed by atoms with Gasteiger partial charge in [0.05, 0.1) is 5.56 Å². The lowest BCUT2D eigenvalue weighted by molar-refractivity contribution is -0.120. The van der Waals surface area contributed by atoms with Crippen molar-refractivity contribution >= 4 is 39.5 Å². The van der Waals surface area contributed by atoms with Crippen molar-refractivity contribution in [2.24, 2.45) is 0 Å². The number of rotatable bonds is 9. The molecule has 0 aliphatic carbocycles. The van der Waals surface area contributed by atoms with Crippen molar-refractivity contribution in [1.82, 2.24) is 10.6 Å². The van der Waals surface area contributed by atoms with Crippen LogP contribution in [0.4, 0.5) is 4.39 Å². The fourth-order valence-corrected chi connectivity index (χ4v) is 3.53. The Balaban J connectivity index is 1.58. The summed E-state index contributed by atoms with van der Waals surface area (Å²) in [6, 6.07) is 12.3. The first kappa shape index (κ1) is 21.4. The number of amides is 2. The van der Waals surface area contributed by atoms with Crippen LogP contribution in [0.3, 0.4) is 0 Å². The van der Waals surface area contributed by atoms with E-state index in [2.05, 4.69) is 57.8 Å². The van der Waals surface area contributed by atoms with Crippen molar-refractivity contribution in [3.8, 4) is 0 Å². The lowest BCUT2D eigenvalue weighted by Crippen LogP contribution is -2.31. The summed E-state index contributed by atoms with van der Waals surface area (Å²) in [4.78, 5) is 23.8. The molecule has 2 N–H and O–H groups in total. The minimum Gasteiger partial charge on any atom is -0.355 e. The van der Waals surface area contributed by atoms with E-state index in [0.29, 0.717) is 11.0 Å². The van der Waals surface area contributed by atoms with Crippen molar-refractivity contribution in [3.05, 3.63) is 69.4 Å². The molecule has 0 radical (unpaired) electrons. The highest BCUT2D eigenvalue weighted by molar-refractivity contribution is 9.10. The molecule has 0 unspecified atom stereocenters. The topological polar surface area (TPSA) is 58.2 Å². The monoisotopic (exact) mass is 452 g/mol. The van der Waals surface area contributed by atoms with Gasteiger partial charge in [0, 0.05) is 35.5 Å². The average Bonchev–Trinajstić information content (AvgIpc) is 2.65. The van der Waals surface area contributed by atoms with E-state index in [9.17, 15) is 14.0 Å². The van der Waals surface area contributed by atoms with E-state index in [-0.39, 0.29) is 24.4 Å². The Hall–Kier alpha value is -1.86. The number of thioether (sulfide) groups is 1. The maximum atomic E-state index is 13.2. The molecule has 0 fully saturated rings. The fourth-order valence-electron chi connectivity index (χ4n) is 2.28. The molecule has 4 nitrogen and oxygen atoms in total. The minimum absolute atomic E-state index is 0.121. The van der Waals surface area contributed by atoms with Crippen molar-refractivity contribution < 1.29 is 14.0 Å². The molecule has 0 aliphatic rings. The van der Waals surface area contributed by atoms with Gasteiger partial charge < -0.3 is 10.6 Å². The highest BCUT2D eigenvalue weighted by atomic mass is 79.9. The Kier molecular flexibility index (Phi) is 8.81. The van der Waals surface area contributed by atoms with Crippen LogP contribution in [0.1, 0.15) is 27.9 Å². The van der Waals surface area contributed by atoms with Crippen molar-refractivity contribution in [2.75, 3.05) is 18.8 Å². The number of benzene rings is 2. The van der Waals surface area contributed by atoms with E-state index in [1.807, 2.05) is 0 Å². The maximum Gasteiger partial charge on any atom is 0.252 e. The van der Waals surface area contributed by atoms with Crippen molar-refractivity contribution in [3.63, 3.8) is 0 Å². The van der Waals surface area contributed by atoms with Crippen LogP contribution in [0.25, 0.3) is 0 Å². The zero-order valence-corrected chi connectivity index (χ0v) is 17.5. The van der Waals surface area contributed by atoms with Gasteiger partial charge in [-0.3, -0.25) is 9.59 Å². The number of aryl methyl sites for hydroxylation is 1. The van der Waals surface area contributed by atoms with Gasteiger partial charge in [-0.05, 0) is 46.6 Å². The van der Waals surface area contributed by atoms with E-state index in [1.165, 1.54) is 23.3 Å². The Morgan fingerprint density at radius 2 is 1.81 bits per heavy atom. The molecule has 2 rings (SSSR count). The average molecular weight is 453 g/mol. The third-order valence-corrected chi connectivity index (χ3v) is 5.49. The summed E-state index contributed by atoms with van der Waals surface area (Å²) in [7, 11) is 0. The molecule has 2 aromatic rings. The molecule has 0 aromatic heterocycles. The third kappa shape index (κ3) is 7.72. The standard InChI is InChI=1S/C20H22BrFN2O2S/c1-14-2-4-15(5-3-14)13-27-11-10-23-19(25)8-9-24-20(26)17-12-16(22)6-7-18(17)21/h2-7,12H,8-11,13H2,1H3,(H,23,25)(H,24,26). The zero-order chi connectivity index (χ0) is 19.6. The van der Waals surface area contributed by atoms with Crippen LogP contribution in [-0.4, -0.2) is 30.7 Å². The smallest absolute Gasteiger partial charge is 0.252 e. The number of nitrogens with one attached hydrogen (secondary N) is 2. The second-order valence-electron chi connectivity index (χ2n) is 6.02. The van der Waals surface area contributed by atoms with E-state index in [4.69, 9.17) is 0 Å². The summed E-state index contributed by atoms with van der Waals surface area (Å²) < 4.78 is 13.7. The van der Waals surface area contributed by atoms with Crippen LogP contribution in [0.15, 0.2) is 46.9 Å². The molecule has 2 aromatic carbocycles. The third-order valence-electron chi connectivity index (χ3n) is 3.77. The van der Waals surface area contributed by atoms with Crippen LogP contribution < -0.4 is 10.6 Å². The lowest BCUT2D eigenvalue weighted by Gasteiger charge is -2.08. The minimum atomic E-state index is -0.482. The number of carbonyl (C=O) groups excluding carboxylic acids is 2. The fraction of sp³-hybridized carbons (Fsp3) is 0.300. The van der Waals surface area contributed by atoms with Gasteiger partial charge in [0.15, 0.2) is 0 Å². The summed E-state index contributed by atoms with van der Waals surface area (Å²) in [6.45, 7) is 2.84. The molecule has 0 spiro atoms. The molecule has 7 heteroatoms. The van der Waals surface area contributed by atoms with Crippen molar-refractivity contribution in [2.45, 2.75) is 19.1 Å². The van der Waals surface area contributed by atoms with Gasteiger partial charge in [-0.25, -0.2) is 4.39 Å². The van der Waals surface area contributed by atoms with Crippen LogP contribution in [0.5, 0.6) is 0 Å². The predicted molar refractivity (Wildman–Crippen MR) is 111 cm³/mol. The zero-order valence-electron chi connectivity index (χ0n) is 15.1. The molecule has 0 saturated heterocycles. The first-order valence-electron chi connectivity index (χ1n) is 8.59. The normalized spacial score (nSPS) is 10.5. The molecule has 0 saturated carbocycles. The summed E-state index contributed by atoms with van der Waals surface area (Å²) in [6.07, 6.45) is 0.182. The highest BCUT2D eigenvalue weighted by Gasteiger charge is 2.11. The quantitative estimate of drug-likeness (QED) is 0.563. The second-order valence-corrected chi connectivity index (χ2v) is 7.98. The molecule has 2 amide bonds. The maximum absolute atomic E-state index is 13.2. The summed E-state index contributed by atoms with van der Waals surface area (Å²) >= 11 is 4.97. The molecule has 144 valence electrons. The number of hydrogen-bond donors (Lipinski definition) is 2. The van der Waals surface area contributed by atoms with Gasteiger partial charge in [0.1, 0.15) is 5.82 Å². The first-order valence-corrected chi connectivity index (χ1v) is 10.5. The summed E-state index contributed by atoms with van der Waals surface area (Å²) in [5, 5.41) is 5.46. The van der Waals surface area contributed by atoms with Gasteiger partial charge in [-0.2, -0.15) is 11.8 Å². The van der Waals surface area contributed by atoms with E-state index in [1.54, 1.807) is 11.8 Å². The van der Waals surface area contributed by atoms with Gasteiger partial charge in [-0.1, -0.05) is 29.8 Å². The summed E-state index contributed by atoms with van der Waals surface area (Å²) in [5.74, 6) is 0.716. The van der Waals surface area contributed by atoms with E-state index in [0.717, 1.165) is 17.6 Å². The molecule has 0 atom stereocenters. The molecular formula is C20H22BrFN2O2S. The van der Waals surface area contributed by atoms with Crippen LogP contribution >= 0.6 is 27.7 Å². The number of halogens is 2. The Bertz CT molecular complexity index is 784. The van der Waals surface area contributed by atoms with Gasteiger partial charge in [-0.15, -0.1) is 0 Å².